The maximum Gasteiger partial charge on any atom is 0.0484 e. The van der Waals surface area contributed by atoms with Gasteiger partial charge >= 0.3 is 0 Å². The molecule has 18 heavy (non-hydrogen) atoms. The van der Waals surface area contributed by atoms with Gasteiger partial charge in [0, 0.05) is 44.2 Å². The lowest BCUT2D eigenvalue weighted by Crippen LogP contribution is -2.55. The minimum atomic E-state index is 0.130. The molecule has 0 aliphatic carbocycles. The molecular formula is C14H23N3O. The Bertz CT molecular complexity index is 349. The molecule has 2 N–H and O–H groups in total. The van der Waals surface area contributed by atoms with Crippen LogP contribution in [0.15, 0.2) is 24.5 Å². The summed E-state index contributed by atoms with van der Waals surface area (Å²) in [6.07, 6.45) is 6.82. The fourth-order valence-corrected chi connectivity index (χ4v) is 2.58. The first-order valence-corrected chi connectivity index (χ1v) is 6.65. The number of nitrogens with two attached hydrogens (primary N) is 1. The van der Waals surface area contributed by atoms with Crippen LogP contribution in [0.1, 0.15) is 18.4 Å². The maximum absolute atomic E-state index is 6.00. The monoisotopic (exact) mass is 249 g/mol. The summed E-state index contributed by atoms with van der Waals surface area (Å²) in [6, 6.07) is 4.15. The fraction of sp³-hybridized carbons (Fsp3) is 0.643. The third-order valence-corrected chi connectivity index (χ3v) is 4.10. The van der Waals surface area contributed by atoms with E-state index in [1.807, 2.05) is 12.4 Å². The summed E-state index contributed by atoms with van der Waals surface area (Å²) in [7, 11) is 2.18. The molecule has 100 valence electrons. The van der Waals surface area contributed by atoms with Gasteiger partial charge < -0.3 is 10.5 Å². The summed E-state index contributed by atoms with van der Waals surface area (Å²) < 4.78 is 5.45. The number of rotatable bonds is 5. The molecule has 4 nitrogen and oxygen atoms in total. The zero-order valence-electron chi connectivity index (χ0n) is 11.1. The molecule has 0 amide bonds. The van der Waals surface area contributed by atoms with Crippen LogP contribution in [0.25, 0.3) is 0 Å². The molecule has 1 saturated heterocycles. The standard InChI is InChI=1S/C14H23N3O/c1-17(9-4-13-2-7-16-8-3-13)14(12-15)5-10-18-11-6-14/h2-3,7-8H,4-6,9-12,15H2,1H3. The van der Waals surface area contributed by atoms with E-state index in [1.165, 1.54) is 5.56 Å². The highest BCUT2D eigenvalue weighted by atomic mass is 16.5. The van der Waals surface area contributed by atoms with E-state index < -0.39 is 0 Å². The van der Waals surface area contributed by atoms with Gasteiger partial charge in [0.25, 0.3) is 0 Å². The first-order chi connectivity index (χ1) is 8.77. The van der Waals surface area contributed by atoms with E-state index in [1.54, 1.807) is 0 Å². The van der Waals surface area contributed by atoms with E-state index in [0.29, 0.717) is 6.54 Å². The van der Waals surface area contributed by atoms with E-state index >= 15 is 0 Å². The summed E-state index contributed by atoms with van der Waals surface area (Å²) >= 11 is 0. The maximum atomic E-state index is 6.00. The van der Waals surface area contributed by atoms with Crippen LogP contribution < -0.4 is 5.73 Å². The molecule has 0 spiro atoms. The van der Waals surface area contributed by atoms with Gasteiger partial charge in [-0.15, -0.1) is 0 Å². The highest BCUT2D eigenvalue weighted by Gasteiger charge is 2.34. The Morgan fingerprint density at radius 1 is 1.33 bits per heavy atom. The zero-order valence-corrected chi connectivity index (χ0v) is 11.1. The van der Waals surface area contributed by atoms with Crippen molar-refractivity contribution < 1.29 is 4.74 Å². The Morgan fingerprint density at radius 2 is 2.00 bits per heavy atom. The van der Waals surface area contributed by atoms with Crippen molar-refractivity contribution in [3.05, 3.63) is 30.1 Å². The van der Waals surface area contributed by atoms with Gasteiger partial charge in [0.1, 0.15) is 0 Å². The Labute approximate surface area is 109 Å². The third kappa shape index (κ3) is 3.07. The van der Waals surface area contributed by atoms with Gasteiger partial charge in [0.2, 0.25) is 0 Å². The molecule has 1 fully saturated rings. The molecule has 4 heteroatoms. The molecule has 2 rings (SSSR count). The number of aromatic nitrogens is 1. The number of hydrogen-bond donors (Lipinski definition) is 1. The van der Waals surface area contributed by atoms with E-state index in [-0.39, 0.29) is 5.54 Å². The van der Waals surface area contributed by atoms with Crippen LogP contribution in [0.3, 0.4) is 0 Å². The summed E-state index contributed by atoms with van der Waals surface area (Å²) in [5.74, 6) is 0. The quantitative estimate of drug-likeness (QED) is 0.848. The van der Waals surface area contributed by atoms with Gasteiger partial charge in [0.05, 0.1) is 0 Å². The molecule has 0 radical (unpaired) electrons. The third-order valence-electron chi connectivity index (χ3n) is 4.10. The van der Waals surface area contributed by atoms with Crippen molar-refractivity contribution >= 4 is 0 Å². The van der Waals surface area contributed by atoms with Gasteiger partial charge in [-0.3, -0.25) is 9.88 Å². The normalized spacial score (nSPS) is 19.1. The Hall–Kier alpha value is -0.970. The highest BCUT2D eigenvalue weighted by Crippen LogP contribution is 2.25. The first kappa shape index (κ1) is 13.5. The van der Waals surface area contributed by atoms with Crippen molar-refractivity contribution in [2.24, 2.45) is 5.73 Å². The molecular weight excluding hydrogens is 226 g/mol. The predicted octanol–water partition coefficient (Wildman–Crippen LogP) is 1.06. The summed E-state index contributed by atoms with van der Waals surface area (Å²) in [6.45, 7) is 3.40. The lowest BCUT2D eigenvalue weighted by Gasteiger charge is -2.44. The van der Waals surface area contributed by atoms with Gasteiger partial charge in [-0.1, -0.05) is 0 Å². The molecule has 2 heterocycles. The number of pyridine rings is 1. The molecule has 1 aromatic rings. The van der Waals surface area contributed by atoms with Gasteiger partial charge in [0.15, 0.2) is 0 Å². The number of ether oxygens (including phenoxy) is 1. The fourth-order valence-electron chi connectivity index (χ4n) is 2.58. The molecule has 0 bridgehead atoms. The first-order valence-electron chi connectivity index (χ1n) is 6.65. The van der Waals surface area contributed by atoms with Crippen LogP contribution in [0.2, 0.25) is 0 Å². The highest BCUT2D eigenvalue weighted by molar-refractivity contribution is 5.10. The van der Waals surface area contributed by atoms with Crippen molar-refractivity contribution in [3.8, 4) is 0 Å². The van der Waals surface area contributed by atoms with Gasteiger partial charge in [-0.05, 0) is 44.0 Å². The smallest absolute Gasteiger partial charge is 0.0484 e. The van der Waals surface area contributed by atoms with Crippen LogP contribution in [0.5, 0.6) is 0 Å². The SMILES string of the molecule is CN(CCc1ccncc1)C1(CN)CCOCC1. The van der Waals surface area contributed by atoms with Crippen molar-refractivity contribution in [1.29, 1.82) is 0 Å². The molecule has 1 aliphatic heterocycles. The Balaban J connectivity index is 1.91. The molecule has 1 aliphatic rings. The zero-order chi connectivity index (χ0) is 12.8. The van der Waals surface area contributed by atoms with Crippen LogP contribution in [-0.2, 0) is 11.2 Å². The Kier molecular flexibility index (Phi) is 4.69. The van der Waals surface area contributed by atoms with Gasteiger partial charge in [-0.2, -0.15) is 0 Å². The number of hydrogen-bond acceptors (Lipinski definition) is 4. The van der Waals surface area contributed by atoms with Crippen LogP contribution in [0, 0.1) is 0 Å². The summed E-state index contributed by atoms with van der Waals surface area (Å²) in [4.78, 5) is 6.45. The lowest BCUT2D eigenvalue weighted by atomic mass is 9.88. The topological polar surface area (TPSA) is 51.4 Å². The molecule has 0 unspecified atom stereocenters. The second-order valence-corrected chi connectivity index (χ2v) is 5.07. The minimum absolute atomic E-state index is 0.130. The average Bonchev–Trinajstić information content (AvgIpc) is 2.46. The lowest BCUT2D eigenvalue weighted by molar-refractivity contribution is -0.0125. The van der Waals surface area contributed by atoms with Crippen molar-refractivity contribution in [2.75, 3.05) is 33.4 Å². The van der Waals surface area contributed by atoms with Crippen LogP contribution >= 0.6 is 0 Å². The number of likely N-dealkylation sites (N-methyl/N-ethyl adjacent to an activating group) is 1. The van der Waals surface area contributed by atoms with Crippen LogP contribution in [0.4, 0.5) is 0 Å². The molecule has 1 aromatic heterocycles. The van der Waals surface area contributed by atoms with E-state index in [9.17, 15) is 0 Å². The summed E-state index contributed by atoms with van der Waals surface area (Å²) in [5.41, 5.74) is 7.46. The molecule has 0 saturated carbocycles. The summed E-state index contributed by atoms with van der Waals surface area (Å²) in [5, 5.41) is 0. The molecule has 0 aromatic carbocycles. The van der Waals surface area contributed by atoms with E-state index in [2.05, 4.69) is 29.1 Å². The second kappa shape index (κ2) is 6.27. The second-order valence-electron chi connectivity index (χ2n) is 5.07. The largest absolute Gasteiger partial charge is 0.381 e. The van der Waals surface area contributed by atoms with Crippen molar-refractivity contribution in [2.45, 2.75) is 24.8 Å². The Morgan fingerprint density at radius 3 is 2.61 bits per heavy atom. The predicted molar refractivity (Wildman–Crippen MR) is 72.4 cm³/mol. The van der Waals surface area contributed by atoms with E-state index in [0.717, 1.165) is 39.0 Å². The van der Waals surface area contributed by atoms with Crippen molar-refractivity contribution in [1.82, 2.24) is 9.88 Å². The molecule has 0 atom stereocenters. The van der Waals surface area contributed by atoms with E-state index in [4.69, 9.17) is 10.5 Å². The number of nitrogens with zero attached hydrogens (tertiary/aromatic N) is 2. The van der Waals surface area contributed by atoms with Crippen LogP contribution in [-0.4, -0.2) is 48.8 Å². The minimum Gasteiger partial charge on any atom is -0.381 e. The van der Waals surface area contributed by atoms with Gasteiger partial charge in [-0.25, -0.2) is 0 Å². The van der Waals surface area contributed by atoms with Crippen molar-refractivity contribution in [3.63, 3.8) is 0 Å². The average molecular weight is 249 g/mol.